The Kier molecular flexibility index (Phi) is 15.5. The molecule has 2 aromatic carbocycles. The average Bonchev–Trinajstić information content (AvgIpc) is 3.53. The summed E-state index contributed by atoms with van der Waals surface area (Å²) in [7, 11) is 0. The van der Waals surface area contributed by atoms with Crippen molar-refractivity contribution in [3.63, 3.8) is 0 Å². The zero-order valence-corrected chi connectivity index (χ0v) is 19.9. The minimum Gasteiger partial charge on any atom is -0.849 e. The normalized spacial score (nSPS) is 15.2. The first-order chi connectivity index (χ1) is 14.3. The van der Waals surface area contributed by atoms with Gasteiger partial charge in [-0.3, -0.25) is 0 Å². The fourth-order valence-corrected chi connectivity index (χ4v) is 2.58. The third kappa shape index (κ3) is 11.2. The van der Waals surface area contributed by atoms with Crippen molar-refractivity contribution < 1.29 is 26.2 Å². The molecule has 0 aliphatic heterocycles. The van der Waals surface area contributed by atoms with Crippen molar-refractivity contribution in [2.24, 2.45) is 0 Å². The SMILES string of the molecule is CCCC(=[N-])C(=[C-]c1ccccc1)c1ccccc1.[CH]1[CH][CH][CH][CH]1.[CH]1[CH][CH][CH][CH]1.[Zr+4]. The molecule has 0 unspecified atom stereocenters. The van der Waals surface area contributed by atoms with Crippen LogP contribution >= 0.6 is 0 Å². The topological polar surface area (TPSA) is 22.3 Å². The van der Waals surface area contributed by atoms with Gasteiger partial charge < -0.3 is 5.41 Å². The molecule has 2 saturated carbocycles. The predicted molar refractivity (Wildman–Crippen MR) is 125 cm³/mol. The molecule has 4 rings (SSSR count). The third-order valence-corrected chi connectivity index (χ3v) is 3.99. The molecule has 2 heteroatoms. The van der Waals surface area contributed by atoms with Crippen molar-refractivity contribution in [2.45, 2.75) is 19.8 Å². The van der Waals surface area contributed by atoms with Gasteiger partial charge in [-0.2, -0.15) is 0 Å². The minimum atomic E-state index is 0. The summed E-state index contributed by atoms with van der Waals surface area (Å²) in [5, 5.41) is 10.2. The van der Waals surface area contributed by atoms with Gasteiger partial charge in [-0.25, -0.2) is 5.71 Å². The van der Waals surface area contributed by atoms with Crippen molar-refractivity contribution in [3.05, 3.63) is 147 Å². The van der Waals surface area contributed by atoms with Crippen LogP contribution in [0.3, 0.4) is 0 Å². The first-order valence-electron chi connectivity index (χ1n) is 9.94. The van der Waals surface area contributed by atoms with Gasteiger partial charge in [0.2, 0.25) is 0 Å². The van der Waals surface area contributed by atoms with Gasteiger partial charge in [0.05, 0.1) is 0 Å². The second-order valence-corrected chi connectivity index (χ2v) is 6.35. The van der Waals surface area contributed by atoms with Crippen LogP contribution in [0.2, 0.25) is 0 Å². The number of nitrogens with zero attached hydrogens (tertiary/aromatic N) is 1. The van der Waals surface area contributed by atoms with E-state index in [1.165, 1.54) is 0 Å². The molecule has 0 spiro atoms. The first-order valence-corrected chi connectivity index (χ1v) is 9.94. The Morgan fingerprint density at radius 3 is 1.47 bits per heavy atom. The van der Waals surface area contributed by atoms with Crippen LogP contribution in [0.4, 0.5) is 0 Å². The molecule has 2 aliphatic rings. The van der Waals surface area contributed by atoms with E-state index in [1.54, 1.807) is 0 Å². The Morgan fingerprint density at radius 2 is 1.07 bits per heavy atom. The average molecular weight is 469 g/mol. The van der Waals surface area contributed by atoms with E-state index in [9.17, 15) is 5.41 Å². The second kappa shape index (κ2) is 17.4. The van der Waals surface area contributed by atoms with Gasteiger partial charge in [0, 0.05) is 0 Å². The Balaban J connectivity index is 0.000000333. The predicted octanol–water partition coefficient (Wildman–Crippen LogP) is 6.77. The first kappa shape index (κ1) is 26.8. The molecule has 146 valence electrons. The van der Waals surface area contributed by atoms with Gasteiger partial charge >= 0.3 is 26.2 Å². The Hall–Kier alpha value is -1.27. The molecule has 30 heavy (non-hydrogen) atoms. The Bertz CT molecular complexity index is 673. The monoisotopic (exact) mass is 467 g/mol. The maximum atomic E-state index is 10.2. The van der Waals surface area contributed by atoms with E-state index < -0.39 is 0 Å². The second-order valence-electron chi connectivity index (χ2n) is 6.35. The smallest absolute Gasteiger partial charge is 0.849 e. The van der Waals surface area contributed by atoms with Crippen LogP contribution in [0.1, 0.15) is 30.9 Å². The van der Waals surface area contributed by atoms with E-state index in [4.69, 9.17) is 0 Å². The zero-order chi connectivity index (χ0) is 20.6. The van der Waals surface area contributed by atoms with Crippen LogP contribution in [0, 0.1) is 70.3 Å². The van der Waals surface area contributed by atoms with Gasteiger partial charge in [-0.05, 0) is 64.2 Å². The van der Waals surface area contributed by atoms with E-state index in [0.29, 0.717) is 12.1 Å². The van der Waals surface area contributed by atoms with Crippen LogP contribution in [0.25, 0.3) is 11.0 Å². The number of hydrogen-bond donors (Lipinski definition) is 0. The molecule has 0 atom stereocenters. The van der Waals surface area contributed by atoms with Crippen molar-refractivity contribution in [2.75, 3.05) is 0 Å². The van der Waals surface area contributed by atoms with Crippen LogP contribution in [-0.2, 0) is 26.2 Å². The van der Waals surface area contributed by atoms with E-state index in [2.05, 4.69) is 13.0 Å². The number of rotatable bonds is 5. The molecule has 0 heterocycles. The largest absolute Gasteiger partial charge is 4.00 e. The molecular weight excluding hydrogens is 442 g/mol. The summed E-state index contributed by atoms with van der Waals surface area (Å²) in [6.45, 7) is 2.06. The molecule has 2 fully saturated rings. The summed E-state index contributed by atoms with van der Waals surface area (Å²) in [4.78, 5) is 0. The molecule has 2 aromatic rings. The quantitative estimate of drug-likeness (QED) is 0.262. The fraction of sp³-hybridized carbons (Fsp3) is 0.107. The molecule has 1 nitrogen and oxygen atoms in total. The minimum absolute atomic E-state index is 0. The van der Waals surface area contributed by atoms with Gasteiger partial charge in [0.25, 0.3) is 0 Å². The van der Waals surface area contributed by atoms with Crippen molar-refractivity contribution in [3.8, 4) is 0 Å². The zero-order valence-electron chi connectivity index (χ0n) is 17.4. The molecule has 0 aromatic heterocycles. The van der Waals surface area contributed by atoms with Crippen molar-refractivity contribution in [1.29, 1.82) is 0 Å². The van der Waals surface area contributed by atoms with Gasteiger partial charge in [0.15, 0.2) is 0 Å². The van der Waals surface area contributed by atoms with E-state index in [1.807, 2.05) is 125 Å². The fourth-order valence-electron chi connectivity index (χ4n) is 2.58. The van der Waals surface area contributed by atoms with Crippen molar-refractivity contribution in [1.82, 2.24) is 0 Å². The number of hydrogen-bond acceptors (Lipinski definition) is 0. The van der Waals surface area contributed by atoms with Gasteiger partial charge in [-0.1, -0.05) is 73.9 Å². The standard InChI is InChI=1S/C18H17N.2C5H5.Zr/c1-2-9-18(19)17(16-12-7-4-8-13-16)14-15-10-5-3-6-11-15;2*1-2-4-5-3-1;/h3-8,10-13H,2,9H2,1H3;2*1-5H;/q-2;;;+4. The number of benzene rings is 2. The maximum Gasteiger partial charge on any atom is 4.00 e. The summed E-state index contributed by atoms with van der Waals surface area (Å²) in [5.41, 5.74) is 3.16. The molecule has 0 bridgehead atoms. The summed E-state index contributed by atoms with van der Waals surface area (Å²) in [6.07, 6.45) is 24.9. The summed E-state index contributed by atoms with van der Waals surface area (Å²) in [6, 6.07) is 19.8. The maximum absolute atomic E-state index is 10.2. The summed E-state index contributed by atoms with van der Waals surface area (Å²) in [5.74, 6) is 0. The number of allylic oxidation sites excluding steroid dienone is 1. The molecule has 10 radical (unpaired) electrons. The van der Waals surface area contributed by atoms with Gasteiger partial charge in [-0.15, -0.1) is 29.3 Å². The van der Waals surface area contributed by atoms with Crippen molar-refractivity contribution >= 4 is 11.3 Å². The molecule has 0 amide bonds. The van der Waals surface area contributed by atoms with E-state index in [0.717, 1.165) is 23.1 Å². The summed E-state index contributed by atoms with van der Waals surface area (Å²) >= 11 is 0. The molecule has 0 N–H and O–H groups in total. The molecule has 0 saturated heterocycles. The van der Waals surface area contributed by atoms with E-state index in [-0.39, 0.29) is 26.2 Å². The Morgan fingerprint density at radius 1 is 0.667 bits per heavy atom. The van der Waals surface area contributed by atoms with Crippen LogP contribution in [0.15, 0.2) is 60.7 Å². The Labute approximate surface area is 204 Å². The summed E-state index contributed by atoms with van der Waals surface area (Å²) < 4.78 is 0. The molecular formula is C28H27NZr+2. The molecule has 2 aliphatic carbocycles. The van der Waals surface area contributed by atoms with E-state index >= 15 is 0 Å². The van der Waals surface area contributed by atoms with Crippen LogP contribution < -0.4 is 0 Å². The third-order valence-electron chi connectivity index (χ3n) is 3.99. The van der Waals surface area contributed by atoms with Crippen LogP contribution in [-0.4, -0.2) is 5.71 Å². The van der Waals surface area contributed by atoms with Crippen LogP contribution in [0.5, 0.6) is 0 Å². The van der Waals surface area contributed by atoms with Gasteiger partial charge in [0.1, 0.15) is 0 Å².